The molecule has 0 saturated carbocycles. The first kappa shape index (κ1) is 24.1. The number of amides is 1. The van der Waals surface area contributed by atoms with Gasteiger partial charge in [-0.2, -0.15) is 4.72 Å². The lowest BCUT2D eigenvalue weighted by molar-refractivity contribution is -0.905. The number of aromatic amines is 1. The highest BCUT2D eigenvalue weighted by molar-refractivity contribution is 7.89. The second-order valence-electron chi connectivity index (χ2n) is 8.96. The van der Waals surface area contributed by atoms with E-state index < -0.39 is 27.0 Å². The van der Waals surface area contributed by atoms with Gasteiger partial charge in [0.1, 0.15) is 5.54 Å². The molecule has 0 bridgehead atoms. The predicted molar refractivity (Wildman–Crippen MR) is 127 cm³/mol. The van der Waals surface area contributed by atoms with Crippen LogP contribution in [0.4, 0.5) is 0 Å². The summed E-state index contributed by atoms with van der Waals surface area (Å²) in [7, 11) is -4.10. The molecule has 0 aliphatic carbocycles. The maximum Gasteiger partial charge on any atom is 0.281 e. The van der Waals surface area contributed by atoms with Crippen LogP contribution in [0, 0.1) is 12.1 Å². The molecule has 1 aliphatic rings. The van der Waals surface area contributed by atoms with E-state index in [1.54, 1.807) is 12.1 Å². The fourth-order valence-electron chi connectivity index (χ4n) is 5.03. The lowest BCUT2D eigenvalue weighted by atomic mass is 9.65. The molecule has 1 saturated heterocycles. The Morgan fingerprint density at radius 3 is 2.50 bits per heavy atom. The lowest BCUT2D eigenvalue weighted by Crippen LogP contribution is -3.23. The van der Waals surface area contributed by atoms with Crippen LogP contribution in [0.2, 0.25) is 0 Å². The van der Waals surface area contributed by atoms with Crippen LogP contribution in [0.1, 0.15) is 29.7 Å². The summed E-state index contributed by atoms with van der Waals surface area (Å²) in [5.74, 6) is -0.852. The first-order chi connectivity index (χ1) is 16.2. The molecule has 10 heteroatoms. The number of carbonyl (C=O) groups excluding carboxylic acids is 1. The third-order valence-corrected chi connectivity index (χ3v) is 8.29. The molecule has 1 fully saturated rings. The zero-order valence-electron chi connectivity index (χ0n) is 19.0. The molecule has 1 aliphatic heterocycles. The quantitative estimate of drug-likeness (QED) is 0.347. The van der Waals surface area contributed by atoms with Gasteiger partial charge < -0.3 is 21.0 Å². The van der Waals surface area contributed by atoms with Crippen LogP contribution < -0.4 is 15.5 Å². The summed E-state index contributed by atoms with van der Waals surface area (Å²) in [6, 6.07) is 15.7. The molecular weight excluding hydrogens is 454 g/mol. The number of hydrogen-bond acceptors (Lipinski definition) is 5. The third-order valence-electron chi connectivity index (χ3n) is 6.74. The van der Waals surface area contributed by atoms with E-state index in [1.807, 2.05) is 37.3 Å². The summed E-state index contributed by atoms with van der Waals surface area (Å²) < 4.78 is 30.1. The van der Waals surface area contributed by atoms with Crippen LogP contribution in [0.5, 0.6) is 0 Å². The van der Waals surface area contributed by atoms with Crippen LogP contribution >= 0.6 is 0 Å². The summed E-state index contributed by atoms with van der Waals surface area (Å²) in [6.45, 7) is 2.00. The van der Waals surface area contributed by atoms with E-state index in [9.17, 15) is 18.4 Å². The minimum Gasteiger partial charge on any atom is -0.633 e. The average Bonchev–Trinajstić information content (AvgIpc) is 3.30. The number of aromatic nitrogens is 2. The molecule has 5 N–H and O–H groups in total. The molecule has 2 aromatic carbocycles. The van der Waals surface area contributed by atoms with Gasteiger partial charge in [0.2, 0.25) is 15.6 Å². The molecular formula is C24H29N5O4S. The van der Waals surface area contributed by atoms with E-state index in [0.29, 0.717) is 12.1 Å². The van der Waals surface area contributed by atoms with Crippen LogP contribution in [0.15, 0.2) is 72.0 Å². The first-order valence-corrected chi connectivity index (χ1v) is 12.6. The maximum atomic E-state index is 13.6. The van der Waals surface area contributed by atoms with Gasteiger partial charge in [-0.15, -0.1) is 0 Å². The Kier molecular flexibility index (Phi) is 6.59. The molecule has 9 nitrogen and oxygen atoms in total. The Balaban J connectivity index is 1.90. The van der Waals surface area contributed by atoms with Crippen molar-refractivity contribution in [3.63, 3.8) is 0 Å². The fourth-order valence-corrected chi connectivity index (χ4v) is 6.51. The number of hydroxylamine groups is 2. The molecule has 1 aromatic heterocycles. The van der Waals surface area contributed by atoms with Gasteiger partial charge in [-0.3, -0.25) is 4.79 Å². The number of piperidine rings is 1. The van der Waals surface area contributed by atoms with Crippen LogP contribution in [0.3, 0.4) is 0 Å². The Morgan fingerprint density at radius 1 is 1.18 bits per heavy atom. The maximum absolute atomic E-state index is 13.6. The minimum absolute atomic E-state index is 0.0588. The molecule has 0 radical (unpaired) electrons. The van der Waals surface area contributed by atoms with Crippen molar-refractivity contribution < 1.29 is 18.3 Å². The highest BCUT2D eigenvalue weighted by Crippen LogP contribution is 2.36. The number of imidazole rings is 1. The number of hydrogen-bond donors (Lipinski definition) is 4. The molecule has 3 atom stereocenters. The fraction of sp³-hybridized carbons (Fsp3) is 0.333. The van der Waals surface area contributed by atoms with Crippen molar-refractivity contribution in [2.75, 3.05) is 6.54 Å². The second kappa shape index (κ2) is 9.30. The number of primary amides is 1. The monoisotopic (exact) mass is 483 g/mol. The van der Waals surface area contributed by atoms with Crippen molar-refractivity contribution in [2.24, 2.45) is 5.73 Å². The number of sulfonamides is 1. The number of nitrogens with two attached hydrogens (primary N) is 1. The van der Waals surface area contributed by atoms with Crippen molar-refractivity contribution in [1.29, 1.82) is 0 Å². The van der Waals surface area contributed by atoms with E-state index in [1.165, 1.54) is 24.7 Å². The zero-order valence-corrected chi connectivity index (χ0v) is 19.8. The Hall–Kier alpha value is -3.05. The predicted octanol–water partition coefficient (Wildman–Crippen LogP) is 0.621. The van der Waals surface area contributed by atoms with Crippen LogP contribution in [-0.2, 0) is 27.7 Å². The molecule has 3 aromatic rings. The topological polar surface area (TPSA) is 145 Å². The number of nitrogens with one attached hydrogen (secondary N) is 3. The Bertz CT molecular complexity index is 1230. The van der Waals surface area contributed by atoms with Gasteiger partial charge in [-0.05, 0) is 43.9 Å². The lowest BCUT2D eigenvalue weighted by Gasteiger charge is -2.56. The average molecular weight is 484 g/mol. The highest BCUT2D eigenvalue weighted by Gasteiger charge is 2.64. The summed E-state index contributed by atoms with van der Waals surface area (Å²) >= 11 is 0. The number of H-pyrrole nitrogens is 1. The molecule has 34 heavy (non-hydrogen) atoms. The molecule has 0 spiro atoms. The standard InChI is InChI=1S/C24H29N5O4S/c1-18-8-10-21(11-9-18)34(32,33)28-23(14-19-6-3-2-4-7-19)12-5-13-29(31)24(23,22(25)30)15-20-16-26-17-27-20/h2-4,6-11,16-17,28-29H,5,12-15H2,1H3,(H2,25,30)(H,26,27)/t23?,24-/m1/s1. The van der Waals surface area contributed by atoms with Gasteiger partial charge in [-0.1, -0.05) is 48.0 Å². The summed E-state index contributed by atoms with van der Waals surface area (Å²) in [5, 5.41) is 13.2. The SMILES string of the molecule is Cc1ccc(S(=O)(=O)NC2(Cc3ccccc3)CCC[NH+]([O-])[C@]2(Cc2cnc[nH]2)C(N)=O)cc1. The number of nitrogens with zero attached hydrogens (tertiary/aromatic N) is 1. The van der Waals surface area contributed by atoms with Crippen molar-refractivity contribution in [3.8, 4) is 0 Å². The summed E-state index contributed by atoms with van der Waals surface area (Å²) in [5.41, 5.74) is 4.95. The second-order valence-corrected chi connectivity index (χ2v) is 10.6. The normalized spacial score (nSPS) is 25.2. The molecule has 180 valence electrons. The van der Waals surface area contributed by atoms with Gasteiger partial charge in [0.25, 0.3) is 5.91 Å². The van der Waals surface area contributed by atoms with Gasteiger partial charge in [0, 0.05) is 11.9 Å². The van der Waals surface area contributed by atoms with E-state index >= 15 is 0 Å². The summed E-state index contributed by atoms with van der Waals surface area (Å²) in [6.07, 6.45) is 3.73. The van der Waals surface area contributed by atoms with Gasteiger partial charge in [0.05, 0.1) is 24.2 Å². The Morgan fingerprint density at radius 2 is 1.88 bits per heavy atom. The van der Waals surface area contributed by atoms with Crippen LogP contribution in [-0.4, -0.2) is 41.9 Å². The van der Waals surface area contributed by atoms with E-state index in [0.717, 1.165) is 11.1 Å². The molecule has 4 rings (SSSR count). The number of benzene rings is 2. The van der Waals surface area contributed by atoms with Crippen molar-refractivity contribution in [1.82, 2.24) is 14.7 Å². The Labute approximate surface area is 199 Å². The number of carbonyl (C=O) groups is 1. The van der Waals surface area contributed by atoms with Crippen molar-refractivity contribution in [3.05, 3.63) is 89.1 Å². The van der Waals surface area contributed by atoms with Gasteiger partial charge in [-0.25, -0.2) is 13.4 Å². The van der Waals surface area contributed by atoms with Crippen LogP contribution in [0.25, 0.3) is 0 Å². The summed E-state index contributed by atoms with van der Waals surface area (Å²) in [4.78, 5) is 20.2. The zero-order chi connectivity index (χ0) is 24.4. The minimum atomic E-state index is -4.10. The third kappa shape index (κ3) is 4.37. The highest BCUT2D eigenvalue weighted by atomic mass is 32.2. The van der Waals surface area contributed by atoms with E-state index in [2.05, 4.69) is 14.7 Å². The molecule has 2 heterocycles. The van der Waals surface area contributed by atoms with Gasteiger partial charge in [0.15, 0.2) is 0 Å². The van der Waals surface area contributed by atoms with Crippen molar-refractivity contribution in [2.45, 2.75) is 48.6 Å². The van der Waals surface area contributed by atoms with Gasteiger partial charge >= 0.3 is 0 Å². The smallest absolute Gasteiger partial charge is 0.281 e. The van der Waals surface area contributed by atoms with E-state index in [4.69, 9.17) is 5.73 Å². The largest absolute Gasteiger partial charge is 0.633 e. The number of rotatable bonds is 8. The molecule has 1 amide bonds. The number of aryl methyl sites for hydroxylation is 1. The first-order valence-electron chi connectivity index (χ1n) is 11.1. The number of quaternary nitrogens is 1. The van der Waals surface area contributed by atoms with E-state index in [-0.39, 0.29) is 35.8 Å². The van der Waals surface area contributed by atoms with Crippen molar-refractivity contribution >= 4 is 15.9 Å². The molecule has 2 unspecified atom stereocenters.